The van der Waals surface area contributed by atoms with Gasteiger partial charge in [-0.15, -0.1) is 0 Å². The summed E-state index contributed by atoms with van der Waals surface area (Å²) in [5.41, 5.74) is 1.24. The van der Waals surface area contributed by atoms with Crippen LogP contribution < -0.4 is 5.32 Å². The minimum Gasteiger partial charge on any atom is -0.472 e. The van der Waals surface area contributed by atoms with E-state index >= 15 is 0 Å². The summed E-state index contributed by atoms with van der Waals surface area (Å²) in [6, 6.07) is 2.64. The van der Waals surface area contributed by atoms with Crippen LogP contribution in [0.1, 0.15) is 39.2 Å². The molecule has 1 aromatic heterocycles. The normalized spacial score (nSPS) is 13.4. The summed E-state index contributed by atoms with van der Waals surface area (Å²) in [5.74, 6) is 0.804. The van der Waals surface area contributed by atoms with Crippen molar-refractivity contribution in [1.29, 1.82) is 0 Å². The molecule has 0 fully saturated rings. The number of nitrogens with one attached hydrogen (secondary N) is 1. The van der Waals surface area contributed by atoms with E-state index in [1.165, 1.54) is 18.4 Å². The minimum atomic E-state index is 0.620. The van der Waals surface area contributed by atoms with Crippen LogP contribution in [0, 0.1) is 5.92 Å². The molecule has 3 nitrogen and oxygen atoms in total. The molecule has 1 aromatic rings. The maximum atomic E-state index is 5.07. The van der Waals surface area contributed by atoms with E-state index in [1.807, 2.05) is 12.3 Å². The molecule has 104 valence electrons. The molecule has 1 N–H and O–H groups in total. The lowest BCUT2D eigenvalue weighted by Gasteiger charge is -2.19. The van der Waals surface area contributed by atoms with Crippen LogP contribution in [0.25, 0.3) is 0 Å². The highest BCUT2D eigenvalue weighted by Crippen LogP contribution is 2.06. The van der Waals surface area contributed by atoms with Crippen LogP contribution in [-0.2, 0) is 6.54 Å². The van der Waals surface area contributed by atoms with E-state index in [2.05, 4.69) is 38.0 Å². The van der Waals surface area contributed by atoms with Crippen molar-refractivity contribution in [2.24, 2.45) is 5.92 Å². The first-order chi connectivity index (χ1) is 8.58. The average molecular weight is 252 g/mol. The number of hydrogen-bond donors (Lipinski definition) is 1. The molecule has 0 saturated heterocycles. The Hall–Kier alpha value is -0.800. The maximum absolute atomic E-state index is 5.07. The summed E-state index contributed by atoms with van der Waals surface area (Å²) in [6.45, 7) is 9.92. The van der Waals surface area contributed by atoms with Crippen molar-refractivity contribution in [1.82, 2.24) is 10.2 Å². The largest absolute Gasteiger partial charge is 0.472 e. The van der Waals surface area contributed by atoms with Gasteiger partial charge in [0, 0.05) is 31.2 Å². The van der Waals surface area contributed by atoms with Gasteiger partial charge in [-0.25, -0.2) is 0 Å². The zero-order valence-electron chi connectivity index (χ0n) is 12.3. The fourth-order valence-corrected chi connectivity index (χ4v) is 1.96. The van der Waals surface area contributed by atoms with Crippen LogP contribution in [0.4, 0.5) is 0 Å². The van der Waals surface area contributed by atoms with Gasteiger partial charge in [0.05, 0.1) is 12.5 Å². The summed E-state index contributed by atoms with van der Waals surface area (Å²) in [6.07, 6.45) is 6.12. The Morgan fingerprint density at radius 3 is 2.67 bits per heavy atom. The molecule has 1 unspecified atom stereocenters. The van der Waals surface area contributed by atoms with Crippen molar-refractivity contribution in [3.63, 3.8) is 0 Å². The Bertz CT molecular complexity index is 295. The summed E-state index contributed by atoms with van der Waals surface area (Å²) >= 11 is 0. The highest BCUT2D eigenvalue weighted by Gasteiger charge is 2.05. The highest BCUT2D eigenvalue weighted by atomic mass is 16.3. The van der Waals surface area contributed by atoms with E-state index in [0.29, 0.717) is 6.04 Å². The van der Waals surface area contributed by atoms with E-state index < -0.39 is 0 Å². The molecule has 0 saturated carbocycles. The quantitative estimate of drug-likeness (QED) is 0.732. The Morgan fingerprint density at radius 1 is 1.28 bits per heavy atom. The molecule has 18 heavy (non-hydrogen) atoms. The number of rotatable bonds is 9. The summed E-state index contributed by atoms with van der Waals surface area (Å²) in [7, 11) is 2.15. The number of hydrogen-bond acceptors (Lipinski definition) is 3. The van der Waals surface area contributed by atoms with E-state index in [4.69, 9.17) is 4.42 Å². The van der Waals surface area contributed by atoms with Crippen molar-refractivity contribution < 1.29 is 4.42 Å². The van der Waals surface area contributed by atoms with Crippen molar-refractivity contribution in [3.05, 3.63) is 24.2 Å². The molecule has 0 aliphatic carbocycles. The fraction of sp³-hybridized carbons (Fsp3) is 0.733. The Labute approximate surface area is 112 Å². The third-order valence-electron chi connectivity index (χ3n) is 3.20. The predicted molar refractivity (Wildman–Crippen MR) is 76.6 cm³/mol. The number of nitrogens with zero attached hydrogens (tertiary/aromatic N) is 1. The lowest BCUT2D eigenvalue weighted by molar-refractivity contribution is 0.313. The molecular weight excluding hydrogens is 224 g/mol. The summed E-state index contributed by atoms with van der Waals surface area (Å²) in [5, 5.41) is 3.58. The van der Waals surface area contributed by atoms with Crippen LogP contribution in [-0.4, -0.2) is 31.1 Å². The second-order valence-corrected chi connectivity index (χ2v) is 5.70. The van der Waals surface area contributed by atoms with Crippen LogP contribution in [0.2, 0.25) is 0 Å². The molecule has 1 atom stereocenters. The van der Waals surface area contributed by atoms with Crippen LogP contribution in [0.15, 0.2) is 23.0 Å². The zero-order chi connectivity index (χ0) is 13.4. The second-order valence-electron chi connectivity index (χ2n) is 5.70. The third kappa shape index (κ3) is 6.82. The lowest BCUT2D eigenvalue weighted by Crippen LogP contribution is -2.34. The van der Waals surface area contributed by atoms with E-state index in [9.17, 15) is 0 Å². The van der Waals surface area contributed by atoms with Crippen molar-refractivity contribution in [2.45, 2.75) is 46.2 Å². The van der Waals surface area contributed by atoms with E-state index in [0.717, 1.165) is 25.6 Å². The molecule has 0 amide bonds. The van der Waals surface area contributed by atoms with Crippen molar-refractivity contribution in [2.75, 3.05) is 20.1 Å². The average Bonchev–Trinajstić information content (AvgIpc) is 2.79. The molecule has 0 aliphatic rings. The van der Waals surface area contributed by atoms with Gasteiger partial charge in [-0.3, -0.25) is 0 Å². The zero-order valence-corrected chi connectivity index (χ0v) is 12.3. The van der Waals surface area contributed by atoms with Gasteiger partial charge in [0.25, 0.3) is 0 Å². The molecule has 0 radical (unpaired) electrons. The van der Waals surface area contributed by atoms with Crippen molar-refractivity contribution in [3.8, 4) is 0 Å². The summed E-state index contributed by atoms with van der Waals surface area (Å²) < 4.78 is 5.07. The van der Waals surface area contributed by atoms with E-state index in [1.54, 1.807) is 6.26 Å². The number of likely N-dealkylation sites (N-methyl/N-ethyl adjacent to an activating group) is 1. The molecule has 0 aliphatic heterocycles. The highest BCUT2D eigenvalue weighted by molar-refractivity contribution is 5.04. The Kier molecular flexibility index (Phi) is 7.06. The molecular formula is C15H28N2O. The topological polar surface area (TPSA) is 28.4 Å². The fourth-order valence-electron chi connectivity index (χ4n) is 1.96. The molecule has 1 rings (SSSR count). The van der Waals surface area contributed by atoms with Crippen LogP contribution in [0.3, 0.4) is 0 Å². The van der Waals surface area contributed by atoms with Crippen molar-refractivity contribution >= 4 is 0 Å². The van der Waals surface area contributed by atoms with Gasteiger partial charge in [-0.2, -0.15) is 0 Å². The van der Waals surface area contributed by atoms with Gasteiger partial charge >= 0.3 is 0 Å². The lowest BCUT2D eigenvalue weighted by atomic mass is 10.0. The smallest absolute Gasteiger partial charge is 0.0947 e. The molecule has 0 bridgehead atoms. The maximum Gasteiger partial charge on any atom is 0.0947 e. The molecule has 3 heteroatoms. The SMILES string of the molecule is CC(C)CCC(C)NCCN(C)Cc1ccoc1. The van der Waals surface area contributed by atoms with Gasteiger partial charge in [-0.05, 0) is 38.8 Å². The molecule has 1 heterocycles. The predicted octanol–water partition coefficient (Wildman–Crippen LogP) is 3.13. The van der Waals surface area contributed by atoms with Gasteiger partial charge in [0.2, 0.25) is 0 Å². The van der Waals surface area contributed by atoms with Gasteiger partial charge in [0.1, 0.15) is 0 Å². The first kappa shape index (κ1) is 15.3. The first-order valence-electron chi connectivity index (χ1n) is 7.01. The number of furan rings is 1. The monoisotopic (exact) mass is 252 g/mol. The Balaban J connectivity index is 2.06. The second kappa shape index (κ2) is 8.33. The minimum absolute atomic E-state index is 0.620. The summed E-state index contributed by atoms with van der Waals surface area (Å²) in [4.78, 5) is 2.31. The van der Waals surface area contributed by atoms with Crippen LogP contribution in [0.5, 0.6) is 0 Å². The van der Waals surface area contributed by atoms with E-state index in [-0.39, 0.29) is 0 Å². The van der Waals surface area contributed by atoms with Gasteiger partial charge < -0.3 is 14.6 Å². The molecule has 0 aromatic carbocycles. The van der Waals surface area contributed by atoms with Gasteiger partial charge in [-0.1, -0.05) is 13.8 Å². The van der Waals surface area contributed by atoms with Gasteiger partial charge in [0.15, 0.2) is 0 Å². The third-order valence-corrected chi connectivity index (χ3v) is 3.20. The standard InChI is InChI=1S/C15H28N2O/c1-13(2)5-6-14(3)16-8-9-17(4)11-15-7-10-18-12-15/h7,10,12-14,16H,5-6,8-9,11H2,1-4H3. The Morgan fingerprint density at radius 2 is 2.06 bits per heavy atom. The molecule has 0 spiro atoms. The first-order valence-corrected chi connectivity index (χ1v) is 7.01. The van der Waals surface area contributed by atoms with Crippen LogP contribution >= 0.6 is 0 Å².